The normalized spacial score (nSPS) is 11.9. The van der Waals surface area contributed by atoms with Gasteiger partial charge in [-0.15, -0.1) is 0 Å². The van der Waals surface area contributed by atoms with E-state index in [2.05, 4.69) is 42.5 Å². The maximum absolute atomic E-state index is 4.68. The number of H-pyrrole nitrogens is 1. The topological polar surface area (TPSA) is 68.7 Å². The number of imidazole rings is 1. The van der Waals surface area contributed by atoms with Crippen molar-refractivity contribution in [2.24, 2.45) is 10.1 Å². The van der Waals surface area contributed by atoms with Crippen molar-refractivity contribution < 1.29 is 0 Å². The van der Waals surface area contributed by atoms with E-state index < -0.39 is 0 Å². The summed E-state index contributed by atoms with van der Waals surface area (Å²) in [6.07, 6.45) is 1.77. The smallest absolute Gasteiger partial charge is 0.190 e. The molecule has 1 heterocycles. The van der Waals surface area contributed by atoms with Gasteiger partial charge in [-0.3, -0.25) is 5.43 Å². The second-order valence-electron chi connectivity index (χ2n) is 6.75. The number of para-hydroxylation sites is 3. The van der Waals surface area contributed by atoms with E-state index in [4.69, 9.17) is 0 Å². The molecule has 0 saturated carbocycles. The quantitative estimate of drug-likeness (QED) is 0.307. The van der Waals surface area contributed by atoms with Crippen LogP contribution in [0.25, 0.3) is 11.0 Å². The summed E-state index contributed by atoms with van der Waals surface area (Å²) in [7, 11) is 4.04. The maximum atomic E-state index is 4.68. The van der Waals surface area contributed by atoms with E-state index >= 15 is 0 Å². The molecule has 0 spiro atoms. The lowest BCUT2D eigenvalue weighted by molar-refractivity contribution is 1.01. The molecule has 0 aliphatic heterocycles. The fraction of sp³-hybridized carbons (Fsp3) is 0.0870. The minimum Gasteiger partial charge on any atom is -0.378 e. The van der Waals surface area contributed by atoms with Gasteiger partial charge in [0.05, 0.1) is 22.9 Å². The van der Waals surface area contributed by atoms with Gasteiger partial charge in [0.1, 0.15) is 0 Å². The third-order valence-electron chi connectivity index (χ3n) is 4.40. The van der Waals surface area contributed by atoms with Crippen LogP contribution < -0.4 is 10.3 Å². The zero-order chi connectivity index (χ0) is 20.1. The predicted octanol–water partition coefficient (Wildman–Crippen LogP) is 4.33. The van der Waals surface area contributed by atoms with E-state index in [1.165, 1.54) is 0 Å². The molecule has 0 amide bonds. The minimum atomic E-state index is 0.550. The Morgan fingerprint density at radius 2 is 1.66 bits per heavy atom. The average Bonchev–Trinajstić information content (AvgIpc) is 3.18. The van der Waals surface area contributed by atoms with Gasteiger partial charge in [-0.25, -0.2) is 9.98 Å². The van der Waals surface area contributed by atoms with Gasteiger partial charge in [-0.2, -0.15) is 5.10 Å². The molecule has 144 valence electrons. The second-order valence-corrected chi connectivity index (χ2v) is 6.75. The lowest BCUT2D eigenvalue weighted by Gasteiger charge is -2.11. The van der Waals surface area contributed by atoms with Crippen LogP contribution in [0, 0.1) is 0 Å². The Morgan fingerprint density at radius 1 is 0.931 bits per heavy atom. The van der Waals surface area contributed by atoms with Crippen LogP contribution in [-0.2, 0) is 0 Å². The Balaban J connectivity index is 1.61. The fourth-order valence-corrected chi connectivity index (χ4v) is 2.85. The molecular formula is C23H22N6. The monoisotopic (exact) mass is 382 g/mol. The lowest BCUT2D eigenvalue weighted by Crippen LogP contribution is -2.20. The van der Waals surface area contributed by atoms with Crippen LogP contribution in [0.1, 0.15) is 11.4 Å². The number of rotatable bonds is 5. The number of hydrogen-bond donors (Lipinski definition) is 2. The van der Waals surface area contributed by atoms with Crippen molar-refractivity contribution in [3.63, 3.8) is 0 Å². The first-order valence-electron chi connectivity index (χ1n) is 9.34. The Kier molecular flexibility index (Phi) is 5.33. The number of aromatic nitrogens is 2. The molecule has 0 aliphatic carbocycles. The Hall–Kier alpha value is -3.93. The summed E-state index contributed by atoms with van der Waals surface area (Å²) in [6, 6.07) is 25.8. The van der Waals surface area contributed by atoms with Crippen molar-refractivity contribution in [1.82, 2.24) is 15.4 Å². The molecule has 0 aliphatic rings. The summed E-state index contributed by atoms with van der Waals surface area (Å²) >= 11 is 0. The summed E-state index contributed by atoms with van der Waals surface area (Å²) in [5.74, 6) is 1.18. The fourth-order valence-electron chi connectivity index (χ4n) is 2.85. The number of anilines is 1. The number of nitrogens with zero attached hydrogens (tertiary/aromatic N) is 4. The highest BCUT2D eigenvalue weighted by Crippen LogP contribution is 2.15. The van der Waals surface area contributed by atoms with E-state index in [1.54, 1.807) is 6.21 Å². The average molecular weight is 382 g/mol. The Morgan fingerprint density at radius 3 is 2.38 bits per heavy atom. The van der Waals surface area contributed by atoms with Crippen molar-refractivity contribution >= 4 is 34.5 Å². The van der Waals surface area contributed by atoms with Crippen LogP contribution in [0.5, 0.6) is 0 Å². The molecule has 6 nitrogen and oxygen atoms in total. The van der Waals surface area contributed by atoms with Crippen LogP contribution in [0.15, 0.2) is 89.0 Å². The first-order chi connectivity index (χ1) is 14.2. The van der Waals surface area contributed by atoms with Crippen molar-refractivity contribution in [3.05, 3.63) is 90.3 Å². The summed E-state index contributed by atoms with van der Waals surface area (Å²) in [5.41, 5.74) is 7.84. The maximum Gasteiger partial charge on any atom is 0.190 e. The predicted molar refractivity (Wildman–Crippen MR) is 120 cm³/mol. The molecule has 0 bridgehead atoms. The van der Waals surface area contributed by atoms with E-state index in [0.717, 1.165) is 28.0 Å². The van der Waals surface area contributed by atoms with E-state index in [9.17, 15) is 0 Å². The van der Waals surface area contributed by atoms with Crippen LogP contribution in [0.3, 0.4) is 0 Å². The highest BCUT2D eigenvalue weighted by molar-refractivity contribution is 6.00. The van der Waals surface area contributed by atoms with Gasteiger partial charge in [0.15, 0.2) is 11.7 Å². The van der Waals surface area contributed by atoms with Crippen LogP contribution >= 0.6 is 0 Å². The van der Waals surface area contributed by atoms with Crippen molar-refractivity contribution in [2.75, 3.05) is 19.0 Å². The number of fused-ring (bicyclic) bond motifs is 1. The third kappa shape index (κ3) is 4.50. The molecule has 0 radical (unpaired) electrons. The van der Waals surface area contributed by atoms with Gasteiger partial charge < -0.3 is 9.88 Å². The number of benzene rings is 3. The number of nitrogens with one attached hydrogen (secondary N) is 2. The highest BCUT2D eigenvalue weighted by Gasteiger charge is 2.09. The molecule has 6 heteroatoms. The van der Waals surface area contributed by atoms with Crippen LogP contribution in [-0.4, -0.2) is 36.1 Å². The van der Waals surface area contributed by atoms with Gasteiger partial charge in [-0.05, 0) is 42.0 Å². The van der Waals surface area contributed by atoms with Gasteiger partial charge in [0.25, 0.3) is 0 Å². The van der Waals surface area contributed by atoms with Gasteiger partial charge in [0.2, 0.25) is 0 Å². The van der Waals surface area contributed by atoms with E-state index in [0.29, 0.717) is 11.7 Å². The molecule has 2 N–H and O–H groups in total. The second kappa shape index (κ2) is 8.39. The molecule has 0 saturated heterocycles. The Labute approximate surface area is 169 Å². The van der Waals surface area contributed by atoms with Crippen molar-refractivity contribution in [2.45, 2.75) is 0 Å². The van der Waals surface area contributed by atoms with Crippen molar-refractivity contribution in [1.29, 1.82) is 0 Å². The van der Waals surface area contributed by atoms with Crippen molar-refractivity contribution in [3.8, 4) is 0 Å². The summed E-state index contributed by atoms with van der Waals surface area (Å²) in [6.45, 7) is 0. The van der Waals surface area contributed by atoms with Gasteiger partial charge >= 0.3 is 0 Å². The minimum absolute atomic E-state index is 0.550. The molecule has 29 heavy (non-hydrogen) atoms. The number of aromatic amines is 1. The lowest BCUT2D eigenvalue weighted by atomic mass is 10.2. The van der Waals surface area contributed by atoms with Crippen LogP contribution in [0.4, 0.5) is 11.4 Å². The summed E-state index contributed by atoms with van der Waals surface area (Å²) < 4.78 is 0. The third-order valence-corrected chi connectivity index (χ3v) is 4.40. The number of hydrogen-bond acceptors (Lipinski definition) is 4. The van der Waals surface area contributed by atoms with Crippen LogP contribution in [0.2, 0.25) is 0 Å². The molecular weight excluding hydrogens is 360 g/mol. The van der Waals surface area contributed by atoms with Gasteiger partial charge in [-0.1, -0.05) is 42.5 Å². The Bertz CT molecular complexity index is 1110. The van der Waals surface area contributed by atoms with E-state index in [-0.39, 0.29) is 0 Å². The molecule has 0 atom stereocenters. The largest absolute Gasteiger partial charge is 0.378 e. The first kappa shape index (κ1) is 18.4. The molecule has 0 unspecified atom stereocenters. The van der Waals surface area contributed by atoms with Gasteiger partial charge in [0, 0.05) is 19.8 Å². The molecule has 4 rings (SSSR count). The zero-order valence-electron chi connectivity index (χ0n) is 16.4. The standard InChI is InChI=1S/C23H22N6/c1-29(2)19-14-12-17(13-15-19)16-24-28-23(25-18-8-4-3-5-9-18)22-26-20-10-6-7-11-21(20)27-22/h3-16H,1-2H3,(H,25,28)(H,26,27). The molecule has 0 fully saturated rings. The van der Waals surface area contributed by atoms with E-state index in [1.807, 2.05) is 80.8 Å². The molecule has 4 aromatic rings. The number of hydrazone groups is 1. The molecule has 3 aromatic carbocycles. The summed E-state index contributed by atoms with van der Waals surface area (Å²) in [5, 5.41) is 4.38. The SMILES string of the molecule is CN(C)c1ccc(C=NNC(=Nc2ccccc2)c2nc3ccccc3[nH]2)cc1. The first-order valence-corrected chi connectivity index (χ1v) is 9.34. The zero-order valence-corrected chi connectivity index (χ0v) is 16.4. The summed E-state index contributed by atoms with van der Waals surface area (Å²) in [4.78, 5) is 14.7. The number of aliphatic imine (C=N–C) groups is 1. The number of amidine groups is 1. The highest BCUT2D eigenvalue weighted by atomic mass is 15.3. The molecule has 1 aromatic heterocycles.